The molecule has 1 rings (SSSR count). The van der Waals surface area contributed by atoms with Gasteiger partial charge in [0.25, 0.3) is 0 Å². The largest absolute Gasteiger partial charge is 0.378 e. The third-order valence-corrected chi connectivity index (χ3v) is 4.05. The maximum absolute atomic E-state index is 6.01. The summed E-state index contributed by atoms with van der Waals surface area (Å²) in [5, 5.41) is 0. The van der Waals surface area contributed by atoms with Crippen LogP contribution in [-0.4, -0.2) is 61.8 Å². The maximum atomic E-state index is 6.01. The van der Waals surface area contributed by atoms with Gasteiger partial charge in [0, 0.05) is 38.8 Å². The number of rotatable bonds is 8. The van der Waals surface area contributed by atoms with E-state index in [0.29, 0.717) is 12.1 Å². The lowest BCUT2D eigenvalue weighted by Crippen LogP contribution is -2.39. The van der Waals surface area contributed by atoms with Crippen molar-refractivity contribution in [2.45, 2.75) is 66.5 Å². The van der Waals surface area contributed by atoms with Crippen LogP contribution in [0.1, 0.15) is 54.4 Å². The number of likely N-dealkylation sites (tertiary alicyclic amines) is 1. The summed E-state index contributed by atoms with van der Waals surface area (Å²) in [6, 6.07) is 0.638. The molecule has 20 heavy (non-hydrogen) atoms. The summed E-state index contributed by atoms with van der Waals surface area (Å²) in [5.41, 5.74) is 0. The highest BCUT2D eigenvalue weighted by molar-refractivity contribution is 4.73. The molecule has 0 aromatic rings. The molecule has 3 heteroatoms. The average molecular weight is 287 g/mol. The van der Waals surface area contributed by atoms with Crippen LogP contribution in [0.2, 0.25) is 0 Å². The molecule has 1 fully saturated rings. The fraction of sp³-hybridized carbons (Fsp3) is 1.00. The van der Waals surface area contributed by atoms with E-state index in [2.05, 4.69) is 44.5 Å². The number of nitrogens with zero attached hydrogens (tertiary/aromatic N) is 2. The molecule has 0 atom stereocenters. The molecule has 1 aliphatic rings. The first-order valence-corrected chi connectivity index (χ1v) is 8.03. The van der Waals surface area contributed by atoms with Gasteiger partial charge in [0.05, 0.1) is 6.10 Å². The first-order valence-electron chi connectivity index (χ1n) is 8.03. The van der Waals surface area contributed by atoms with E-state index in [9.17, 15) is 0 Å². The van der Waals surface area contributed by atoms with E-state index in [-0.39, 0.29) is 7.43 Å². The van der Waals surface area contributed by atoms with Gasteiger partial charge in [0.1, 0.15) is 0 Å². The number of ether oxygens (including phenoxy) is 1. The van der Waals surface area contributed by atoms with Crippen LogP contribution in [0, 0.1) is 5.92 Å². The smallest absolute Gasteiger partial charge is 0.0599 e. The highest BCUT2D eigenvalue weighted by Gasteiger charge is 2.19. The Morgan fingerprint density at radius 2 is 1.75 bits per heavy atom. The molecule has 0 spiro atoms. The molecule has 3 nitrogen and oxygen atoms in total. The zero-order valence-corrected chi connectivity index (χ0v) is 13.7. The molecular weight excluding hydrogens is 248 g/mol. The van der Waals surface area contributed by atoms with Crippen molar-refractivity contribution in [1.82, 2.24) is 9.80 Å². The minimum Gasteiger partial charge on any atom is -0.378 e. The van der Waals surface area contributed by atoms with Gasteiger partial charge in [-0.2, -0.15) is 0 Å². The summed E-state index contributed by atoms with van der Waals surface area (Å²) in [6.45, 7) is 14.8. The molecule has 0 radical (unpaired) electrons. The Hall–Kier alpha value is -0.120. The predicted octanol–water partition coefficient (Wildman–Crippen LogP) is 3.49. The van der Waals surface area contributed by atoms with Crippen molar-refractivity contribution >= 4 is 0 Å². The van der Waals surface area contributed by atoms with E-state index in [1.807, 2.05) is 0 Å². The molecule has 0 N–H and O–H groups in total. The second kappa shape index (κ2) is 10.6. The lowest BCUT2D eigenvalue weighted by molar-refractivity contribution is 0.00196. The predicted molar refractivity (Wildman–Crippen MR) is 89.4 cm³/mol. The van der Waals surface area contributed by atoms with Crippen molar-refractivity contribution in [1.29, 1.82) is 0 Å². The van der Waals surface area contributed by atoms with Crippen LogP contribution in [-0.2, 0) is 4.74 Å². The van der Waals surface area contributed by atoms with Gasteiger partial charge in [-0.05, 0) is 46.1 Å². The molecular formula is C17H38N2O. The van der Waals surface area contributed by atoms with Gasteiger partial charge >= 0.3 is 0 Å². The van der Waals surface area contributed by atoms with Gasteiger partial charge in [-0.15, -0.1) is 0 Å². The lowest BCUT2D eigenvalue weighted by atomic mass is 10.1. The van der Waals surface area contributed by atoms with Crippen LogP contribution >= 0.6 is 0 Å². The van der Waals surface area contributed by atoms with E-state index in [0.717, 1.165) is 25.5 Å². The van der Waals surface area contributed by atoms with Crippen molar-refractivity contribution in [3.05, 3.63) is 0 Å². The van der Waals surface area contributed by atoms with Gasteiger partial charge in [-0.1, -0.05) is 21.3 Å². The summed E-state index contributed by atoms with van der Waals surface area (Å²) < 4.78 is 6.01. The molecule has 0 amide bonds. The Morgan fingerprint density at radius 1 is 1.15 bits per heavy atom. The highest BCUT2D eigenvalue weighted by atomic mass is 16.5. The quantitative estimate of drug-likeness (QED) is 0.635. The molecule has 0 unspecified atom stereocenters. The first-order chi connectivity index (χ1) is 8.99. The van der Waals surface area contributed by atoms with Crippen LogP contribution in [0.15, 0.2) is 0 Å². The fourth-order valence-corrected chi connectivity index (χ4v) is 2.60. The number of piperidine rings is 1. The Morgan fingerprint density at radius 3 is 2.25 bits per heavy atom. The maximum Gasteiger partial charge on any atom is 0.0599 e. The van der Waals surface area contributed by atoms with E-state index in [1.54, 1.807) is 0 Å². The fourth-order valence-electron chi connectivity index (χ4n) is 2.60. The van der Waals surface area contributed by atoms with Gasteiger partial charge in [0.2, 0.25) is 0 Å². The third-order valence-electron chi connectivity index (χ3n) is 4.05. The second-order valence-corrected chi connectivity index (χ2v) is 6.69. The van der Waals surface area contributed by atoms with Crippen molar-refractivity contribution in [2.24, 2.45) is 5.92 Å². The van der Waals surface area contributed by atoms with E-state index >= 15 is 0 Å². The zero-order valence-electron chi connectivity index (χ0n) is 13.7. The van der Waals surface area contributed by atoms with Crippen molar-refractivity contribution < 1.29 is 4.74 Å². The third kappa shape index (κ3) is 8.23. The molecule has 1 heterocycles. The van der Waals surface area contributed by atoms with Crippen LogP contribution < -0.4 is 0 Å². The van der Waals surface area contributed by atoms with E-state index in [1.165, 1.54) is 32.5 Å². The van der Waals surface area contributed by atoms with Crippen LogP contribution in [0.25, 0.3) is 0 Å². The van der Waals surface area contributed by atoms with Crippen LogP contribution in [0.5, 0.6) is 0 Å². The Kier molecular flexibility index (Phi) is 10.5. The van der Waals surface area contributed by atoms with Gasteiger partial charge in [0.15, 0.2) is 0 Å². The average Bonchev–Trinajstić information content (AvgIpc) is 2.35. The van der Waals surface area contributed by atoms with Gasteiger partial charge in [-0.3, -0.25) is 0 Å². The summed E-state index contributed by atoms with van der Waals surface area (Å²) in [6.07, 6.45) is 4.09. The molecule has 1 saturated heterocycles. The van der Waals surface area contributed by atoms with Crippen molar-refractivity contribution in [3.8, 4) is 0 Å². The van der Waals surface area contributed by atoms with E-state index < -0.39 is 0 Å². The summed E-state index contributed by atoms with van der Waals surface area (Å²) in [4.78, 5) is 4.96. The second-order valence-electron chi connectivity index (χ2n) is 6.69. The highest BCUT2D eigenvalue weighted by Crippen LogP contribution is 2.15. The van der Waals surface area contributed by atoms with E-state index in [4.69, 9.17) is 4.74 Å². The molecule has 0 saturated carbocycles. The topological polar surface area (TPSA) is 15.7 Å². The lowest BCUT2D eigenvalue weighted by Gasteiger charge is -2.33. The van der Waals surface area contributed by atoms with Crippen molar-refractivity contribution in [2.75, 3.05) is 39.8 Å². The number of hydrogen-bond acceptors (Lipinski definition) is 3. The molecule has 0 aromatic heterocycles. The molecule has 0 bridgehead atoms. The molecule has 0 aromatic carbocycles. The minimum absolute atomic E-state index is 0. The molecule has 122 valence electrons. The summed E-state index contributed by atoms with van der Waals surface area (Å²) >= 11 is 0. The standard InChI is InChI=1S/C16H34N2O.CH4/c1-14(2)13-18-10-7-16(8-11-18)19-12-6-9-17(5)15(3)4;/h14-16H,6-13H2,1-5H3;1H4. The summed E-state index contributed by atoms with van der Waals surface area (Å²) in [7, 11) is 2.19. The van der Waals surface area contributed by atoms with Crippen LogP contribution in [0.4, 0.5) is 0 Å². The monoisotopic (exact) mass is 286 g/mol. The zero-order chi connectivity index (χ0) is 14.3. The minimum atomic E-state index is 0. The first kappa shape index (κ1) is 19.9. The molecule has 0 aliphatic carbocycles. The van der Waals surface area contributed by atoms with Crippen molar-refractivity contribution in [3.63, 3.8) is 0 Å². The van der Waals surface area contributed by atoms with Gasteiger partial charge in [-0.25, -0.2) is 0 Å². The van der Waals surface area contributed by atoms with Crippen LogP contribution in [0.3, 0.4) is 0 Å². The Labute approximate surface area is 127 Å². The summed E-state index contributed by atoms with van der Waals surface area (Å²) in [5.74, 6) is 0.782. The SMILES string of the molecule is C.CC(C)CN1CCC(OCCCN(C)C(C)C)CC1. The Balaban J connectivity index is 0.00000361. The normalized spacial score (nSPS) is 18.0. The Bertz CT molecular complexity index is 223. The van der Waals surface area contributed by atoms with Gasteiger partial charge < -0.3 is 14.5 Å². The molecule has 1 aliphatic heterocycles. The number of hydrogen-bond donors (Lipinski definition) is 0.